The lowest BCUT2D eigenvalue weighted by atomic mass is 9.92. The quantitative estimate of drug-likeness (QED) is 0.895. The molecule has 1 aromatic carbocycles. The SMILES string of the molecule is c1cc2c(cc1OCCC1CCNCC1)CCCC2. The van der Waals surface area contributed by atoms with Gasteiger partial charge in [0.15, 0.2) is 0 Å². The van der Waals surface area contributed by atoms with Crippen LogP contribution < -0.4 is 10.1 Å². The Kier molecular flexibility index (Phi) is 4.39. The molecule has 0 bridgehead atoms. The van der Waals surface area contributed by atoms with E-state index in [-0.39, 0.29) is 0 Å². The third-order valence-corrected chi connectivity index (χ3v) is 4.57. The molecule has 0 radical (unpaired) electrons. The van der Waals surface area contributed by atoms with Crippen molar-refractivity contribution in [1.82, 2.24) is 5.32 Å². The highest BCUT2D eigenvalue weighted by atomic mass is 16.5. The van der Waals surface area contributed by atoms with Gasteiger partial charge in [-0.2, -0.15) is 0 Å². The summed E-state index contributed by atoms with van der Waals surface area (Å²) in [5.74, 6) is 1.94. The maximum atomic E-state index is 5.95. The summed E-state index contributed by atoms with van der Waals surface area (Å²) in [6.07, 6.45) is 9.01. The van der Waals surface area contributed by atoms with Gasteiger partial charge in [0, 0.05) is 0 Å². The second kappa shape index (κ2) is 6.42. The Labute approximate surface area is 116 Å². The molecule has 2 nitrogen and oxygen atoms in total. The van der Waals surface area contributed by atoms with Crippen LogP contribution in [0, 0.1) is 5.92 Å². The topological polar surface area (TPSA) is 21.3 Å². The molecule has 1 aromatic rings. The van der Waals surface area contributed by atoms with Gasteiger partial charge in [0.1, 0.15) is 5.75 Å². The Balaban J connectivity index is 1.49. The van der Waals surface area contributed by atoms with E-state index in [1.165, 1.54) is 69.2 Å². The molecule has 2 aliphatic rings. The van der Waals surface area contributed by atoms with Gasteiger partial charge in [-0.25, -0.2) is 0 Å². The number of hydrogen-bond acceptors (Lipinski definition) is 2. The van der Waals surface area contributed by atoms with Crippen molar-refractivity contribution in [3.05, 3.63) is 29.3 Å². The van der Waals surface area contributed by atoms with Crippen LogP contribution >= 0.6 is 0 Å². The molecule has 1 aliphatic carbocycles. The second-order valence-electron chi connectivity index (χ2n) is 5.97. The highest BCUT2D eigenvalue weighted by Gasteiger charge is 2.13. The highest BCUT2D eigenvalue weighted by molar-refractivity contribution is 5.37. The van der Waals surface area contributed by atoms with Gasteiger partial charge in [0.05, 0.1) is 6.61 Å². The Morgan fingerprint density at radius 3 is 2.68 bits per heavy atom. The lowest BCUT2D eigenvalue weighted by Crippen LogP contribution is -2.28. The van der Waals surface area contributed by atoms with Crippen LogP contribution in [0.1, 0.15) is 43.2 Å². The molecule has 0 atom stereocenters. The minimum Gasteiger partial charge on any atom is -0.494 e. The number of ether oxygens (including phenoxy) is 1. The lowest BCUT2D eigenvalue weighted by Gasteiger charge is -2.22. The molecule has 1 heterocycles. The maximum absolute atomic E-state index is 5.95. The van der Waals surface area contributed by atoms with Crippen LogP contribution in [0.3, 0.4) is 0 Å². The van der Waals surface area contributed by atoms with Crippen molar-refractivity contribution in [2.24, 2.45) is 5.92 Å². The van der Waals surface area contributed by atoms with Crippen LogP contribution in [0.15, 0.2) is 18.2 Å². The fourth-order valence-corrected chi connectivity index (χ4v) is 3.31. The predicted octanol–water partition coefficient (Wildman–Crippen LogP) is 3.33. The average Bonchev–Trinajstić information content (AvgIpc) is 2.48. The van der Waals surface area contributed by atoms with Crippen LogP contribution in [0.4, 0.5) is 0 Å². The van der Waals surface area contributed by atoms with Crippen molar-refractivity contribution in [3.63, 3.8) is 0 Å². The van der Waals surface area contributed by atoms with E-state index in [4.69, 9.17) is 4.74 Å². The number of nitrogens with one attached hydrogen (secondary N) is 1. The largest absolute Gasteiger partial charge is 0.494 e. The number of fused-ring (bicyclic) bond motifs is 1. The van der Waals surface area contributed by atoms with Gasteiger partial charge in [-0.15, -0.1) is 0 Å². The molecule has 0 aromatic heterocycles. The van der Waals surface area contributed by atoms with Gasteiger partial charge in [0.25, 0.3) is 0 Å². The predicted molar refractivity (Wildman–Crippen MR) is 78.8 cm³/mol. The van der Waals surface area contributed by atoms with Crippen LogP contribution in [0.25, 0.3) is 0 Å². The van der Waals surface area contributed by atoms with Crippen LogP contribution in [0.2, 0.25) is 0 Å². The molecule has 0 saturated carbocycles. The van der Waals surface area contributed by atoms with Gasteiger partial charge in [0.2, 0.25) is 0 Å². The summed E-state index contributed by atoms with van der Waals surface area (Å²) in [5.41, 5.74) is 3.06. The Morgan fingerprint density at radius 2 is 1.84 bits per heavy atom. The molecule has 1 N–H and O–H groups in total. The number of rotatable bonds is 4. The molecule has 0 unspecified atom stereocenters. The van der Waals surface area contributed by atoms with E-state index in [9.17, 15) is 0 Å². The van der Waals surface area contributed by atoms with E-state index in [0.29, 0.717) is 0 Å². The van der Waals surface area contributed by atoms with Crippen molar-refractivity contribution in [3.8, 4) is 5.75 Å². The molecule has 2 heteroatoms. The summed E-state index contributed by atoms with van der Waals surface area (Å²) in [4.78, 5) is 0. The number of piperidine rings is 1. The Morgan fingerprint density at radius 1 is 1.05 bits per heavy atom. The molecule has 0 amide bonds. The van der Waals surface area contributed by atoms with Gasteiger partial charge in [-0.1, -0.05) is 6.07 Å². The van der Waals surface area contributed by atoms with E-state index in [1.54, 1.807) is 0 Å². The molecule has 0 spiro atoms. The number of aryl methyl sites for hydroxylation is 2. The average molecular weight is 259 g/mol. The molecule has 3 rings (SSSR count). The first kappa shape index (κ1) is 13.0. The summed E-state index contributed by atoms with van der Waals surface area (Å²) < 4.78 is 5.95. The third kappa shape index (κ3) is 3.50. The van der Waals surface area contributed by atoms with Crippen molar-refractivity contribution in [1.29, 1.82) is 0 Å². The normalized spacial score (nSPS) is 20.0. The zero-order valence-corrected chi connectivity index (χ0v) is 11.8. The van der Waals surface area contributed by atoms with Crippen molar-refractivity contribution in [2.75, 3.05) is 19.7 Å². The van der Waals surface area contributed by atoms with Crippen LogP contribution in [0.5, 0.6) is 5.75 Å². The van der Waals surface area contributed by atoms with E-state index in [0.717, 1.165) is 18.3 Å². The summed E-state index contributed by atoms with van der Waals surface area (Å²) in [6.45, 7) is 3.25. The molecular formula is C17H25NO. The number of hydrogen-bond donors (Lipinski definition) is 1. The van der Waals surface area contributed by atoms with E-state index in [1.807, 2.05) is 0 Å². The number of benzene rings is 1. The summed E-state index contributed by atoms with van der Waals surface area (Å²) in [6, 6.07) is 6.71. The molecule has 104 valence electrons. The lowest BCUT2D eigenvalue weighted by molar-refractivity contribution is 0.251. The monoisotopic (exact) mass is 259 g/mol. The van der Waals surface area contributed by atoms with Crippen molar-refractivity contribution >= 4 is 0 Å². The summed E-state index contributed by atoms with van der Waals surface area (Å²) in [7, 11) is 0. The molecule has 19 heavy (non-hydrogen) atoms. The van der Waals surface area contributed by atoms with Crippen molar-refractivity contribution in [2.45, 2.75) is 44.9 Å². The maximum Gasteiger partial charge on any atom is 0.119 e. The van der Waals surface area contributed by atoms with Crippen LogP contribution in [-0.4, -0.2) is 19.7 Å². The summed E-state index contributed by atoms with van der Waals surface area (Å²) >= 11 is 0. The second-order valence-corrected chi connectivity index (χ2v) is 5.97. The fourth-order valence-electron chi connectivity index (χ4n) is 3.31. The summed E-state index contributed by atoms with van der Waals surface area (Å²) in [5, 5.41) is 3.42. The standard InChI is InChI=1S/C17H25NO/c1-2-4-16-13-17(6-5-15(16)3-1)19-12-9-14-7-10-18-11-8-14/h5-6,13-14,18H,1-4,7-12H2. The first-order chi connectivity index (χ1) is 9.42. The van der Waals surface area contributed by atoms with Crippen molar-refractivity contribution < 1.29 is 4.74 Å². The minimum atomic E-state index is 0.860. The van der Waals surface area contributed by atoms with E-state index < -0.39 is 0 Å². The first-order valence-electron chi connectivity index (χ1n) is 7.87. The van der Waals surface area contributed by atoms with Gasteiger partial charge < -0.3 is 10.1 Å². The molecule has 1 saturated heterocycles. The zero-order chi connectivity index (χ0) is 12.9. The molecule has 1 fully saturated rings. The van der Waals surface area contributed by atoms with Gasteiger partial charge in [-0.3, -0.25) is 0 Å². The van der Waals surface area contributed by atoms with E-state index >= 15 is 0 Å². The fraction of sp³-hybridized carbons (Fsp3) is 0.647. The zero-order valence-electron chi connectivity index (χ0n) is 11.8. The smallest absolute Gasteiger partial charge is 0.119 e. The first-order valence-corrected chi connectivity index (χ1v) is 7.87. The minimum absolute atomic E-state index is 0.860. The third-order valence-electron chi connectivity index (χ3n) is 4.57. The van der Waals surface area contributed by atoms with Gasteiger partial charge in [-0.05, 0) is 87.2 Å². The van der Waals surface area contributed by atoms with Crippen LogP contribution in [-0.2, 0) is 12.8 Å². The molecule has 1 aliphatic heterocycles. The highest BCUT2D eigenvalue weighted by Crippen LogP contribution is 2.25. The van der Waals surface area contributed by atoms with E-state index in [2.05, 4.69) is 23.5 Å². The Hall–Kier alpha value is -1.02. The Bertz CT molecular complexity index is 410. The van der Waals surface area contributed by atoms with Gasteiger partial charge >= 0.3 is 0 Å². The molecular weight excluding hydrogens is 234 g/mol.